The molecule has 2 aliphatic rings. The van der Waals surface area contributed by atoms with Gasteiger partial charge < -0.3 is 4.57 Å². The highest BCUT2D eigenvalue weighted by Gasteiger charge is 2.31. The van der Waals surface area contributed by atoms with Gasteiger partial charge in [-0.05, 0) is 58.4 Å². The number of sulfonamides is 1. The van der Waals surface area contributed by atoms with Crippen LogP contribution in [0.5, 0.6) is 0 Å². The molecule has 1 aliphatic heterocycles. The molecular formula is C17H30N4O2S. The summed E-state index contributed by atoms with van der Waals surface area (Å²) in [7, 11) is -0.910. The second kappa shape index (κ2) is 7.54. The van der Waals surface area contributed by atoms with Crippen molar-refractivity contribution in [1.82, 2.24) is 19.2 Å². The molecule has 136 valence electrons. The Morgan fingerprint density at radius 3 is 2.79 bits per heavy atom. The lowest BCUT2D eigenvalue weighted by Crippen LogP contribution is -2.31. The third kappa shape index (κ3) is 3.83. The molecule has 0 aromatic carbocycles. The molecule has 1 aromatic heterocycles. The van der Waals surface area contributed by atoms with Gasteiger partial charge in [0, 0.05) is 25.8 Å². The third-order valence-corrected chi connectivity index (χ3v) is 6.80. The molecule has 0 unspecified atom stereocenters. The zero-order valence-corrected chi connectivity index (χ0v) is 15.7. The summed E-state index contributed by atoms with van der Waals surface area (Å²) in [5.74, 6) is 1.37. The number of rotatable bonds is 7. The van der Waals surface area contributed by atoms with Gasteiger partial charge >= 0.3 is 0 Å². The van der Waals surface area contributed by atoms with E-state index < -0.39 is 10.0 Å². The fraction of sp³-hybridized carbons (Fsp3) is 0.824. The predicted molar refractivity (Wildman–Crippen MR) is 95.5 cm³/mol. The van der Waals surface area contributed by atoms with Crippen molar-refractivity contribution in [2.45, 2.75) is 57.9 Å². The van der Waals surface area contributed by atoms with Gasteiger partial charge in [-0.25, -0.2) is 18.1 Å². The standard InChI is InChI=1S/C17H30N4O2S/c1-3-24(22,23)18-11-7-13-21-12-6-10-16(21)17-19-14-8-4-5-9-15(14)20(17)2/h16,18H,3-13H2,1-2H3/t16-/m0/s1. The van der Waals surface area contributed by atoms with E-state index >= 15 is 0 Å². The van der Waals surface area contributed by atoms with Crippen molar-refractivity contribution in [2.75, 3.05) is 25.4 Å². The normalized spacial score (nSPS) is 22.0. The molecule has 0 bridgehead atoms. The van der Waals surface area contributed by atoms with Gasteiger partial charge in [0.15, 0.2) is 0 Å². The van der Waals surface area contributed by atoms with Crippen molar-refractivity contribution in [3.05, 3.63) is 17.2 Å². The van der Waals surface area contributed by atoms with Crippen LogP contribution >= 0.6 is 0 Å². The second-order valence-corrected chi connectivity index (χ2v) is 9.07. The topological polar surface area (TPSA) is 67.2 Å². The smallest absolute Gasteiger partial charge is 0.211 e. The Hall–Kier alpha value is -0.920. The molecule has 1 aromatic rings. The highest BCUT2D eigenvalue weighted by atomic mass is 32.2. The Labute approximate surface area is 145 Å². The van der Waals surface area contributed by atoms with E-state index in [9.17, 15) is 8.42 Å². The first-order chi connectivity index (χ1) is 11.5. The number of nitrogens with zero attached hydrogens (tertiary/aromatic N) is 3. The number of aryl methyl sites for hydroxylation is 1. The van der Waals surface area contributed by atoms with Crippen molar-refractivity contribution in [2.24, 2.45) is 7.05 Å². The molecule has 6 nitrogen and oxygen atoms in total. The molecule has 0 saturated carbocycles. The van der Waals surface area contributed by atoms with Gasteiger partial charge in [0.2, 0.25) is 10.0 Å². The van der Waals surface area contributed by atoms with Gasteiger partial charge in [-0.15, -0.1) is 0 Å². The molecule has 1 N–H and O–H groups in total. The van der Waals surface area contributed by atoms with Gasteiger partial charge in [-0.2, -0.15) is 0 Å². The van der Waals surface area contributed by atoms with E-state index in [1.54, 1.807) is 6.92 Å². The maximum atomic E-state index is 11.5. The van der Waals surface area contributed by atoms with Gasteiger partial charge in [-0.1, -0.05) is 0 Å². The minimum atomic E-state index is -3.07. The summed E-state index contributed by atoms with van der Waals surface area (Å²) < 4.78 is 28.0. The monoisotopic (exact) mass is 354 g/mol. The minimum absolute atomic E-state index is 0.151. The zero-order valence-electron chi connectivity index (χ0n) is 14.9. The second-order valence-electron chi connectivity index (χ2n) is 6.97. The number of hydrogen-bond acceptors (Lipinski definition) is 4. The van der Waals surface area contributed by atoms with Crippen LogP contribution in [0.3, 0.4) is 0 Å². The van der Waals surface area contributed by atoms with Gasteiger partial charge in [0.05, 0.1) is 17.5 Å². The average molecular weight is 355 g/mol. The van der Waals surface area contributed by atoms with Crippen molar-refractivity contribution >= 4 is 10.0 Å². The van der Waals surface area contributed by atoms with Crippen LogP contribution in [0.15, 0.2) is 0 Å². The molecule has 0 radical (unpaired) electrons. The molecular weight excluding hydrogens is 324 g/mol. The number of nitrogens with one attached hydrogen (secondary N) is 1. The lowest BCUT2D eigenvalue weighted by atomic mass is 10.0. The molecule has 2 heterocycles. The Balaban J connectivity index is 1.61. The number of imidazole rings is 1. The van der Waals surface area contributed by atoms with E-state index in [0.29, 0.717) is 12.6 Å². The summed E-state index contributed by atoms with van der Waals surface area (Å²) in [4.78, 5) is 7.45. The van der Waals surface area contributed by atoms with E-state index in [-0.39, 0.29) is 5.75 Å². The zero-order chi connectivity index (χ0) is 17.2. The van der Waals surface area contributed by atoms with Crippen LogP contribution in [0.4, 0.5) is 0 Å². The molecule has 0 amide bonds. The van der Waals surface area contributed by atoms with Crippen LogP contribution in [-0.2, 0) is 29.9 Å². The molecule has 7 heteroatoms. The first-order valence-corrected chi connectivity index (χ1v) is 10.9. The van der Waals surface area contributed by atoms with Crippen molar-refractivity contribution < 1.29 is 8.42 Å². The molecule has 1 saturated heterocycles. The summed E-state index contributed by atoms with van der Waals surface area (Å²) in [5, 5.41) is 0. The maximum Gasteiger partial charge on any atom is 0.211 e. The van der Waals surface area contributed by atoms with Gasteiger partial charge in [-0.3, -0.25) is 4.90 Å². The van der Waals surface area contributed by atoms with E-state index in [1.807, 2.05) is 0 Å². The average Bonchev–Trinajstić information content (AvgIpc) is 3.16. The van der Waals surface area contributed by atoms with Crippen LogP contribution in [0.2, 0.25) is 0 Å². The van der Waals surface area contributed by atoms with E-state index in [2.05, 4.69) is 21.2 Å². The number of likely N-dealkylation sites (tertiary alicyclic amines) is 1. The Morgan fingerprint density at radius 2 is 2.04 bits per heavy atom. The summed E-state index contributed by atoms with van der Waals surface area (Å²) in [5.41, 5.74) is 2.74. The van der Waals surface area contributed by atoms with Crippen molar-refractivity contribution in [1.29, 1.82) is 0 Å². The molecule has 3 rings (SSSR count). The van der Waals surface area contributed by atoms with E-state index in [0.717, 1.165) is 38.8 Å². The summed E-state index contributed by atoms with van der Waals surface area (Å²) in [6.45, 7) is 4.20. The first kappa shape index (κ1) is 17.9. The quantitative estimate of drug-likeness (QED) is 0.758. The highest BCUT2D eigenvalue weighted by Crippen LogP contribution is 2.33. The molecule has 1 fully saturated rings. The molecule has 24 heavy (non-hydrogen) atoms. The molecule has 0 spiro atoms. The lowest BCUT2D eigenvalue weighted by molar-refractivity contribution is 0.242. The highest BCUT2D eigenvalue weighted by molar-refractivity contribution is 7.89. The number of fused-ring (bicyclic) bond motifs is 1. The summed E-state index contributed by atoms with van der Waals surface area (Å²) >= 11 is 0. The van der Waals surface area contributed by atoms with Gasteiger partial charge in [0.25, 0.3) is 0 Å². The fourth-order valence-corrected chi connectivity index (χ4v) is 4.66. The van der Waals surface area contributed by atoms with Crippen LogP contribution in [-0.4, -0.2) is 48.3 Å². The van der Waals surface area contributed by atoms with Crippen molar-refractivity contribution in [3.63, 3.8) is 0 Å². The molecule has 1 aliphatic carbocycles. The summed E-state index contributed by atoms with van der Waals surface area (Å²) in [6, 6.07) is 0.392. The Kier molecular flexibility index (Phi) is 5.62. The predicted octanol–water partition coefficient (Wildman–Crippen LogP) is 1.77. The van der Waals surface area contributed by atoms with Crippen molar-refractivity contribution in [3.8, 4) is 0 Å². The number of hydrogen-bond donors (Lipinski definition) is 1. The Morgan fingerprint density at radius 1 is 1.25 bits per heavy atom. The van der Waals surface area contributed by atoms with E-state index in [4.69, 9.17) is 4.98 Å². The first-order valence-electron chi connectivity index (χ1n) is 9.27. The van der Waals surface area contributed by atoms with Gasteiger partial charge in [0.1, 0.15) is 5.82 Å². The number of aromatic nitrogens is 2. The minimum Gasteiger partial charge on any atom is -0.334 e. The van der Waals surface area contributed by atoms with Crippen LogP contribution < -0.4 is 4.72 Å². The fourth-order valence-electron chi connectivity index (χ4n) is 4.00. The Bertz CT molecular complexity index is 668. The van der Waals surface area contributed by atoms with Crippen LogP contribution in [0.1, 0.15) is 62.3 Å². The maximum absolute atomic E-state index is 11.5. The SMILES string of the molecule is CCS(=O)(=O)NCCCN1CCC[C@H]1c1nc2c(n1C)CCCC2. The largest absolute Gasteiger partial charge is 0.334 e. The third-order valence-electron chi connectivity index (χ3n) is 5.39. The molecule has 1 atom stereocenters. The van der Waals surface area contributed by atoms with Crippen LogP contribution in [0, 0.1) is 0 Å². The van der Waals surface area contributed by atoms with Crippen LogP contribution in [0.25, 0.3) is 0 Å². The lowest BCUT2D eigenvalue weighted by Gasteiger charge is -2.24. The summed E-state index contributed by atoms with van der Waals surface area (Å²) in [6.07, 6.45) is 8.01. The van der Waals surface area contributed by atoms with E-state index in [1.165, 1.54) is 36.5 Å².